The van der Waals surface area contributed by atoms with E-state index in [1.54, 1.807) is 29.2 Å². The average molecular weight is 401 g/mol. The standard InChI is InChI=1S/C21H24N2O2S2/c1-3-23(4-2)20(25)16-9-11-18(12-10-16)22-19(24)15-5-7-17(8-6-15)21-26-13-14-27-21/h5-12,21H,3-4,13-14H2,1-2H3,(H,22,24). The molecule has 0 aliphatic carbocycles. The molecule has 0 unspecified atom stereocenters. The van der Waals surface area contributed by atoms with Crippen molar-refractivity contribution in [2.45, 2.75) is 18.4 Å². The molecule has 1 aliphatic rings. The second-order valence-electron chi connectivity index (χ2n) is 6.20. The van der Waals surface area contributed by atoms with Gasteiger partial charge in [-0.15, -0.1) is 23.5 Å². The Kier molecular flexibility index (Phi) is 6.85. The van der Waals surface area contributed by atoms with E-state index in [0.717, 1.165) is 0 Å². The Balaban J connectivity index is 1.63. The van der Waals surface area contributed by atoms with E-state index in [4.69, 9.17) is 0 Å². The second-order valence-corrected chi connectivity index (χ2v) is 8.93. The number of thioether (sulfide) groups is 2. The maximum atomic E-state index is 12.5. The highest BCUT2D eigenvalue weighted by Crippen LogP contribution is 2.45. The number of carbonyl (C=O) groups is 2. The summed E-state index contributed by atoms with van der Waals surface area (Å²) in [6.07, 6.45) is 0. The van der Waals surface area contributed by atoms with Crippen molar-refractivity contribution in [2.24, 2.45) is 0 Å². The molecular formula is C21H24N2O2S2. The molecule has 0 spiro atoms. The summed E-state index contributed by atoms with van der Waals surface area (Å²) in [5, 5.41) is 2.90. The van der Waals surface area contributed by atoms with E-state index in [9.17, 15) is 9.59 Å². The molecule has 0 radical (unpaired) electrons. The van der Waals surface area contributed by atoms with Gasteiger partial charge >= 0.3 is 0 Å². The van der Waals surface area contributed by atoms with Crippen LogP contribution in [0, 0.1) is 0 Å². The highest BCUT2D eigenvalue weighted by atomic mass is 32.2. The number of hydrogen-bond acceptors (Lipinski definition) is 4. The predicted molar refractivity (Wildman–Crippen MR) is 116 cm³/mol. The quantitative estimate of drug-likeness (QED) is 0.749. The summed E-state index contributed by atoms with van der Waals surface area (Å²) in [6, 6.07) is 14.9. The van der Waals surface area contributed by atoms with Gasteiger partial charge in [-0.3, -0.25) is 9.59 Å². The summed E-state index contributed by atoms with van der Waals surface area (Å²) in [7, 11) is 0. The molecule has 6 heteroatoms. The lowest BCUT2D eigenvalue weighted by Crippen LogP contribution is -2.30. The van der Waals surface area contributed by atoms with E-state index in [1.165, 1.54) is 17.1 Å². The molecule has 1 aliphatic heterocycles. The summed E-state index contributed by atoms with van der Waals surface area (Å²) in [5.41, 5.74) is 3.21. The Bertz CT molecular complexity index is 781. The van der Waals surface area contributed by atoms with Gasteiger partial charge in [0.2, 0.25) is 0 Å². The fraction of sp³-hybridized carbons (Fsp3) is 0.333. The average Bonchev–Trinajstić information content (AvgIpc) is 3.24. The number of amides is 2. The van der Waals surface area contributed by atoms with Gasteiger partial charge in [-0.1, -0.05) is 12.1 Å². The highest BCUT2D eigenvalue weighted by molar-refractivity contribution is 8.19. The first-order chi connectivity index (χ1) is 13.1. The van der Waals surface area contributed by atoms with Crippen molar-refractivity contribution < 1.29 is 9.59 Å². The van der Waals surface area contributed by atoms with Crippen LogP contribution in [0.15, 0.2) is 48.5 Å². The van der Waals surface area contributed by atoms with E-state index in [-0.39, 0.29) is 11.8 Å². The van der Waals surface area contributed by atoms with Crippen molar-refractivity contribution in [1.82, 2.24) is 4.90 Å². The van der Waals surface area contributed by atoms with Crippen molar-refractivity contribution in [2.75, 3.05) is 29.9 Å². The molecule has 142 valence electrons. The Morgan fingerprint density at radius 1 is 0.926 bits per heavy atom. The van der Waals surface area contributed by atoms with Crippen LogP contribution in [0.1, 0.15) is 44.7 Å². The molecule has 4 nitrogen and oxygen atoms in total. The third-order valence-corrected chi connectivity index (χ3v) is 7.61. The summed E-state index contributed by atoms with van der Waals surface area (Å²) in [5.74, 6) is 2.24. The van der Waals surface area contributed by atoms with Gasteiger partial charge in [0.05, 0.1) is 4.58 Å². The molecule has 2 aromatic rings. The van der Waals surface area contributed by atoms with Crippen molar-refractivity contribution in [3.63, 3.8) is 0 Å². The van der Waals surface area contributed by atoms with Crippen LogP contribution >= 0.6 is 23.5 Å². The Hall–Kier alpha value is -1.92. The molecule has 1 saturated heterocycles. The summed E-state index contributed by atoms with van der Waals surface area (Å²) >= 11 is 3.91. The molecule has 2 amide bonds. The van der Waals surface area contributed by atoms with Crippen LogP contribution in [0.2, 0.25) is 0 Å². The monoisotopic (exact) mass is 400 g/mol. The predicted octanol–water partition coefficient (Wildman–Crippen LogP) is 4.90. The number of hydrogen-bond donors (Lipinski definition) is 1. The fourth-order valence-electron chi connectivity index (χ4n) is 2.94. The molecule has 0 aromatic heterocycles. The fourth-order valence-corrected chi connectivity index (χ4v) is 5.79. The van der Waals surface area contributed by atoms with E-state index in [1.807, 2.05) is 61.6 Å². The lowest BCUT2D eigenvalue weighted by Gasteiger charge is -2.18. The SMILES string of the molecule is CCN(CC)C(=O)c1ccc(NC(=O)c2ccc(C3SCCS3)cc2)cc1. The largest absolute Gasteiger partial charge is 0.339 e. The van der Waals surface area contributed by atoms with Crippen LogP contribution < -0.4 is 5.32 Å². The number of anilines is 1. The molecule has 27 heavy (non-hydrogen) atoms. The van der Waals surface area contributed by atoms with Gasteiger partial charge < -0.3 is 10.2 Å². The zero-order valence-corrected chi connectivity index (χ0v) is 17.2. The van der Waals surface area contributed by atoms with E-state index in [2.05, 4.69) is 5.32 Å². The third-order valence-electron chi connectivity index (χ3n) is 4.51. The zero-order chi connectivity index (χ0) is 19.2. The summed E-state index contributed by atoms with van der Waals surface area (Å²) in [4.78, 5) is 26.6. The molecule has 3 rings (SSSR count). The second kappa shape index (κ2) is 9.33. The molecule has 0 bridgehead atoms. The van der Waals surface area contributed by atoms with Crippen LogP contribution in [-0.2, 0) is 0 Å². The van der Waals surface area contributed by atoms with Gasteiger partial charge in [-0.25, -0.2) is 0 Å². The van der Waals surface area contributed by atoms with Crippen molar-refractivity contribution in [3.8, 4) is 0 Å². The smallest absolute Gasteiger partial charge is 0.255 e. The van der Waals surface area contributed by atoms with Crippen LogP contribution in [0.5, 0.6) is 0 Å². The first-order valence-electron chi connectivity index (χ1n) is 9.16. The normalized spacial score (nSPS) is 14.1. The number of rotatable bonds is 6. The van der Waals surface area contributed by atoms with Gasteiger partial charge in [-0.2, -0.15) is 0 Å². The third kappa shape index (κ3) is 4.87. The van der Waals surface area contributed by atoms with Crippen molar-refractivity contribution in [1.29, 1.82) is 0 Å². The first-order valence-corrected chi connectivity index (χ1v) is 11.3. The van der Waals surface area contributed by atoms with Crippen LogP contribution in [-0.4, -0.2) is 41.3 Å². The Labute approximate surface area is 169 Å². The molecular weight excluding hydrogens is 376 g/mol. The number of nitrogens with one attached hydrogen (secondary N) is 1. The van der Waals surface area contributed by atoms with Crippen molar-refractivity contribution in [3.05, 3.63) is 65.2 Å². The van der Waals surface area contributed by atoms with E-state index >= 15 is 0 Å². The minimum atomic E-state index is -0.143. The topological polar surface area (TPSA) is 49.4 Å². The minimum absolute atomic E-state index is 0.0103. The van der Waals surface area contributed by atoms with E-state index in [0.29, 0.717) is 34.5 Å². The number of benzene rings is 2. The van der Waals surface area contributed by atoms with Gasteiger partial charge in [0, 0.05) is 41.4 Å². The molecule has 2 aromatic carbocycles. The van der Waals surface area contributed by atoms with Crippen LogP contribution in [0.4, 0.5) is 5.69 Å². The minimum Gasteiger partial charge on any atom is -0.339 e. The molecule has 1 heterocycles. The lowest BCUT2D eigenvalue weighted by atomic mass is 10.1. The summed E-state index contributed by atoms with van der Waals surface area (Å²) in [6.45, 7) is 5.29. The molecule has 1 N–H and O–H groups in total. The first kappa shape index (κ1) is 19.8. The molecule has 0 saturated carbocycles. The Morgan fingerprint density at radius 3 is 2.04 bits per heavy atom. The lowest BCUT2D eigenvalue weighted by molar-refractivity contribution is 0.0773. The summed E-state index contributed by atoms with van der Waals surface area (Å²) < 4.78 is 0.484. The van der Waals surface area contributed by atoms with Crippen molar-refractivity contribution >= 4 is 41.0 Å². The van der Waals surface area contributed by atoms with Gasteiger partial charge in [0.25, 0.3) is 11.8 Å². The van der Waals surface area contributed by atoms with E-state index < -0.39 is 0 Å². The Morgan fingerprint density at radius 2 is 1.48 bits per heavy atom. The maximum absolute atomic E-state index is 12.5. The molecule has 0 atom stereocenters. The zero-order valence-electron chi connectivity index (χ0n) is 15.6. The van der Waals surface area contributed by atoms with Gasteiger partial charge in [-0.05, 0) is 55.8 Å². The molecule has 1 fully saturated rings. The number of carbonyl (C=O) groups excluding carboxylic acids is 2. The highest BCUT2D eigenvalue weighted by Gasteiger charge is 2.18. The van der Waals surface area contributed by atoms with Crippen LogP contribution in [0.25, 0.3) is 0 Å². The number of nitrogens with zero attached hydrogens (tertiary/aromatic N) is 1. The van der Waals surface area contributed by atoms with Crippen LogP contribution in [0.3, 0.4) is 0 Å². The maximum Gasteiger partial charge on any atom is 0.255 e. The van der Waals surface area contributed by atoms with Gasteiger partial charge in [0.15, 0.2) is 0 Å². The van der Waals surface area contributed by atoms with Gasteiger partial charge in [0.1, 0.15) is 0 Å².